The Bertz CT molecular complexity index is 1080. The van der Waals surface area contributed by atoms with Gasteiger partial charge in [0.25, 0.3) is 18.2 Å². The second-order valence-corrected chi connectivity index (χ2v) is 9.49. The van der Waals surface area contributed by atoms with Crippen LogP contribution in [-0.2, 0) is 12.0 Å². The van der Waals surface area contributed by atoms with Crippen LogP contribution in [0.3, 0.4) is 0 Å². The average Bonchev–Trinajstić information content (AvgIpc) is 3.46. The number of halogens is 2. The highest BCUT2D eigenvalue weighted by Gasteiger charge is 2.22. The summed E-state index contributed by atoms with van der Waals surface area (Å²) in [6, 6.07) is 7.23. The molecule has 0 fully saturated rings. The van der Waals surface area contributed by atoms with Crippen molar-refractivity contribution in [3.63, 3.8) is 0 Å². The van der Waals surface area contributed by atoms with Crippen molar-refractivity contribution >= 4 is 23.2 Å². The lowest BCUT2D eigenvalue weighted by atomic mass is 9.93. The van der Waals surface area contributed by atoms with E-state index in [1.165, 1.54) is 10.3 Å². The third-order valence-electron chi connectivity index (χ3n) is 4.94. The molecule has 0 atom stereocenters. The van der Waals surface area contributed by atoms with Crippen molar-refractivity contribution in [1.29, 1.82) is 0 Å². The van der Waals surface area contributed by atoms with Crippen molar-refractivity contribution < 1.29 is 18.4 Å². The molecule has 0 saturated heterocycles. The molecule has 0 spiro atoms. The molecule has 3 rings (SSSR count). The van der Waals surface area contributed by atoms with Gasteiger partial charge in [0.15, 0.2) is 5.01 Å². The van der Waals surface area contributed by atoms with Crippen molar-refractivity contribution in [3.05, 3.63) is 69.7 Å². The SMILES string of the molecule is CC(C)(C)c1ccc(C(=O)NCCCN(Cc2cccnc2)C(=O)c2csc(C(F)F)n2)[nH]1. The van der Waals surface area contributed by atoms with Gasteiger partial charge in [-0.3, -0.25) is 14.6 Å². The summed E-state index contributed by atoms with van der Waals surface area (Å²) in [5.74, 6) is -0.663. The van der Waals surface area contributed by atoms with Crippen LogP contribution in [0.2, 0.25) is 0 Å². The number of amides is 2. The first-order valence-electron chi connectivity index (χ1n) is 10.5. The fourth-order valence-electron chi connectivity index (χ4n) is 3.14. The summed E-state index contributed by atoms with van der Waals surface area (Å²) >= 11 is 0.762. The summed E-state index contributed by atoms with van der Waals surface area (Å²) in [6.07, 6.45) is 1.04. The standard InChI is InChI=1S/C23H27F2N5O2S/c1-23(2,3)18-8-7-16(28-18)20(31)27-10-5-11-30(13-15-6-4-9-26-12-15)22(32)17-14-33-21(29-17)19(24)25/h4,6-9,12,14,19,28H,5,10-11,13H2,1-3H3,(H,27,31). The van der Waals surface area contributed by atoms with Gasteiger partial charge >= 0.3 is 0 Å². The van der Waals surface area contributed by atoms with E-state index in [4.69, 9.17) is 0 Å². The number of carbonyl (C=O) groups is 2. The molecule has 10 heteroatoms. The van der Waals surface area contributed by atoms with Crippen LogP contribution in [0.4, 0.5) is 8.78 Å². The van der Waals surface area contributed by atoms with Gasteiger partial charge in [-0.15, -0.1) is 11.3 Å². The van der Waals surface area contributed by atoms with Crippen LogP contribution in [0.25, 0.3) is 0 Å². The minimum Gasteiger partial charge on any atom is -0.354 e. The molecule has 3 aromatic rings. The highest BCUT2D eigenvalue weighted by Crippen LogP contribution is 2.24. The summed E-state index contributed by atoms with van der Waals surface area (Å²) in [4.78, 5) is 37.9. The molecular weight excluding hydrogens is 448 g/mol. The molecule has 0 unspecified atom stereocenters. The van der Waals surface area contributed by atoms with Crippen LogP contribution in [0, 0.1) is 0 Å². The maximum Gasteiger partial charge on any atom is 0.289 e. The van der Waals surface area contributed by atoms with E-state index in [1.54, 1.807) is 24.5 Å². The molecule has 33 heavy (non-hydrogen) atoms. The van der Waals surface area contributed by atoms with Gasteiger partial charge in [0, 0.05) is 48.5 Å². The maximum atomic E-state index is 12.9. The molecule has 3 aromatic heterocycles. The van der Waals surface area contributed by atoms with E-state index in [2.05, 4.69) is 41.0 Å². The van der Waals surface area contributed by atoms with Crippen LogP contribution < -0.4 is 5.32 Å². The summed E-state index contributed by atoms with van der Waals surface area (Å²) in [5.41, 5.74) is 2.15. The third kappa shape index (κ3) is 6.67. The zero-order valence-corrected chi connectivity index (χ0v) is 19.6. The summed E-state index contributed by atoms with van der Waals surface area (Å²) < 4.78 is 25.8. The van der Waals surface area contributed by atoms with Crippen molar-refractivity contribution in [3.8, 4) is 0 Å². The van der Waals surface area contributed by atoms with E-state index >= 15 is 0 Å². The number of carbonyl (C=O) groups excluding carboxylic acids is 2. The highest BCUT2D eigenvalue weighted by atomic mass is 32.1. The van der Waals surface area contributed by atoms with Gasteiger partial charge in [0.1, 0.15) is 11.4 Å². The van der Waals surface area contributed by atoms with Gasteiger partial charge in [-0.05, 0) is 30.2 Å². The van der Waals surface area contributed by atoms with Gasteiger partial charge in [-0.1, -0.05) is 26.8 Å². The normalized spacial score (nSPS) is 11.6. The molecule has 0 bridgehead atoms. The predicted octanol–water partition coefficient (Wildman–Crippen LogP) is 4.56. The minimum absolute atomic E-state index is 0.00989. The van der Waals surface area contributed by atoms with Crippen molar-refractivity contribution in [2.24, 2.45) is 0 Å². The Morgan fingerprint density at radius 1 is 1.24 bits per heavy atom. The third-order valence-corrected chi connectivity index (χ3v) is 5.79. The molecule has 0 saturated carbocycles. The number of alkyl halides is 2. The van der Waals surface area contributed by atoms with Gasteiger partial charge < -0.3 is 15.2 Å². The summed E-state index contributed by atoms with van der Waals surface area (Å²) in [7, 11) is 0. The first-order valence-corrected chi connectivity index (χ1v) is 11.4. The van der Waals surface area contributed by atoms with E-state index in [-0.39, 0.29) is 28.6 Å². The van der Waals surface area contributed by atoms with Crippen LogP contribution in [0.5, 0.6) is 0 Å². The largest absolute Gasteiger partial charge is 0.354 e. The van der Waals surface area contributed by atoms with Gasteiger partial charge in [-0.2, -0.15) is 0 Å². The lowest BCUT2D eigenvalue weighted by molar-refractivity contribution is 0.0734. The zero-order chi connectivity index (χ0) is 24.0. The molecule has 0 aliphatic carbocycles. The van der Waals surface area contributed by atoms with E-state index < -0.39 is 12.3 Å². The first-order chi connectivity index (χ1) is 15.6. The molecule has 0 aliphatic heterocycles. The molecule has 2 amide bonds. The van der Waals surface area contributed by atoms with Crippen molar-refractivity contribution in [2.75, 3.05) is 13.1 Å². The zero-order valence-electron chi connectivity index (χ0n) is 18.8. The molecule has 2 N–H and O–H groups in total. The molecule has 0 radical (unpaired) electrons. The fraction of sp³-hybridized carbons (Fsp3) is 0.391. The second-order valence-electron chi connectivity index (χ2n) is 8.60. The summed E-state index contributed by atoms with van der Waals surface area (Å²) in [6.45, 7) is 7.09. The van der Waals surface area contributed by atoms with E-state index in [0.717, 1.165) is 22.6 Å². The Balaban J connectivity index is 1.60. The quantitative estimate of drug-likeness (QED) is 0.444. The topological polar surface area (TPSA) is 91.0 Å². The van der Waals surface area contributed by atoms with Crippen LogP contribution in [-0.4, -0.2) is 44.8 Å². The Kier molecular flexibility index (Phi) is 7.91. The first kappa shape index (κ1) is 24.5. The molecule has 3 heterocycles. The van der Waals surface area contributed by atoms with Crippen LogP contribution >= 0.6 is 11.3 Å². The second kappa shape index (κ2) is 10.7. The number of H-pyrrole nitrogens is 1. The van der Waals surface area contributed by atoms with Crippen LogP contribution in [0.1, 0.15) is 70.9 Å². The number of aromatic amines is 1. The van der Waals surface area contributed by atoms with Gasteiger partial charge in [0.05, 0.1) is 0 Å². The number of thiazole rings is 1. The number of rotatable bonds is 9. The molecular formula is C23H27F2N5O2S. The maximum absolute atomic E-state index is 12.9. The lowest BCUT2D eigenvalue weighted by Crippen LogP contribution is -2.34. The van der Waals surface area contributed by atoms with Crippen molar-refractivity contribution in [1.82, 2.24) is 25.2 Å². The molecule has 0 aromatic carbocycles. The number of nitrogens with one attached hydrogen (secondary N) is 2. The number of pyridine rings is 1. The Hall–Kier alpha value is -3.14. The number of hydrogen-bond donors (Lipinski definition) is 2. The van der Waals surface area contributed by atoms with Gasteiger partial charge in [0.2, 0.25) is 0 Å². The minimum atomic E-state index is -2.72. The lowest BCUT2D eigenvalue weighted by Gasteiger charge is -2.22. The highest BCUT2D eigenvalue weighted by molar-refractivity contribution is 7.09. The molecule has 176 valence electrons. The average molecular weight is 476 g/mol. The monoisotopic (exact) mass is 475 g/mol. The molecule has 0 aliphatic rings. The van der Waals surface area contributed by atoms with E-state index in [9.17, 15) is 18.4 Å². The van der Waals surface area contributed by atoms with Gasteiger partial charge in [-0.25, -0.2) is 13.8 Å². The van der Waals surface area contributed by atoms with Crippen LogP contribution in [0.15, 0.2) is 42.0 Å². The van der Waals surface area contributed by atoms with E-state index in [1.807, 2.05) is 12.1 Å². The molecule has 7 nitrogen and oxygen atoms in total. The van der Waals surface area contributed by atoms with E-state index in [0.29, 0.717) is 25.2 Å². The summed E-state index contributed by atoms with van der Waals surface area (Å²) in [5, 5.41) is 3.81. The number of hydrogen-bond acceptors (Lipinski definition) is 5. The Morgan fingerprint density at radius 3 is 2.64 bits per heavy atom. The van der Waals surface area contributed by atoms with Crippen molar-refractivity contribution in [2.45, 2.75) is 45.6 Å². The Morgan fingerprint density at radius 2 is 2.03 bits per heavy atom. The number of nitrogens with zero attached hydrogens (tertiary/aromatic N) is 3. The Labute approximate surface area is 195 Å². The predicted molar refractivity (Wildman–Crippen MR) is 122 cm³/mol. The number of aromatic nitrogens is 3. The smallest absolute Gasteiger partial charge is 0.289 e. The fourth-order valence-corrected chi connectivity index (χ4v) is 3.78.